The van der Waals surface area contributed by atoms with Gasteiger partial charge in [0.25, 0.3) is 0 Å². The Balaban J connectivity index is 0.975. The Morgan fingerprint density at radius 2 is 1.84 bits per heavy atom. The van der Waals surface area contributed by atoms with Crippen molar-refractivity contribution < 1.29 is 23.8 Å². The monoisotopic (exact) mass is 879 g/mol. The lowest BCUT2D eigenvalue weighted by Crippen LogP contribution is -2.38. The fraction of sp³-hybridized carbons (Fsp3) is 0.262. The van der Waals surface area contributed by atoms with Gasteiger partial charge in [0, 0.05) is 66.2 Å². The Labute approximate surface area is 343 Å². The van der Waals surface area contributed by atoms with Gasteiger partial charge in [-0.25, -0.2) is 14.5 Å². The van der Waals surface area contributed by atoms with Crippen LogP contribution in [0.3, 0.4) is 0 Å². The summed E-state index contributed by atoms with van der Waals surface area (Å²) in [5.41, 5.74) is 4.71. The van der Waals surface area contributed by atoms with Crippen molar-refractivity contribution >= 4 is 74.1 Å². The van der Waals surface area contributed by atoms with Gasteiger partial charge in [-0.15, -0.1) is 0 Å². The lowest BCUT2D eigenvalue weighted by molar-refractivity contribution is -0.115. The molecule has 4 N–H and O–H groups in total. The van der Waals surface area contributed by atoms with Crippen molar-refractivity contribution in [3.05, 3.63) is 108 Å². The Kier molecular flexibility index (Phi) is 11.7. The third-order valence-electron chi connectivity index (χ3n) is 9.64. The van der Waals surface area contributed by atoms with E-state index in [1.165, 1.54) is 0 Å². The number of hydrogen-bond acceptors (Lipinski definition) is 10. The van der Waals surface area contributed by atoms with E-state index in [0.29, 0.717) is 42.1 Å². The van der Waals surface area contributed by atoms with E-state index in [-0.39, 0.29) is 9.83 Å². The van der Waals surface area contributed by atoms with Gasteiger partial charge >= 0.3 is 6.03 Å². The number of carbonyl (C=O) groups excluding carboxylic acids is 2. The van der Waals surface area contributed by atoms with E-state index in [1.807, 2.05) is 72.8 Å². The fourth-order valence-corrected chi connectivity index (χ4v) is 7.72. The first-order valence-electron chi connectivity index (χ1n) is 19.0. The molecule has 6 aromatic rings. The molecule has 1 fully saturated rings. The summed E-state index contributed by atoms with van der Waals surface area (Å²) in [4.78, 5) is 36.8. The quantitative estimate of drug-likeness (QED) is 0.0619. The molecule has 0 radical (unpaired) electrons. The summed E-state index contributed by atoms with van der Waals surface area (Å²) >= 11 is 2.41. The van der Waals surface area contributed by atoms with Crippen LogP contribution in [0.25, 0.3) is 16.5 Å². The highest BCUT2D eigenvalue weighted by molar-refractivity contribution is 14.1. The van der Waals surface area contributed by atoms with Crippen LogP contribution in [0.5, 0.6) is 17.4 Å². The minimum atomic E-state index is -0.419. The molecule has 2 aromatic heterocycles. The molecule has 2 aliphatic rings. The van der Waals surface area contributed by atoms with Gasteiger partial charge in [0.05, 0.1) is 40.6 Å². The highest BCUT2D eigenvalue weighted by atomic mass is 127. The average Bonchev–Trinajstić information content (AvgIpc) is 3.82. The van der Waals surface area contributed by atoms with Gasteiger partial charge < -0.3 is 30.2 Å². The number of ether oxygens (including phenoxy) is 3. The second kappa shape index (κ2) is 17.6. The zero-order chi connectivity index (χ0) is 39.1. The molecule has 1 unspecified atom stereocenters. The number of nitrogens with zero attached hydrogens (tertiary/aromatic N) is 5. The Bertz CT molecular complexity index is 2400. The van der Waals surface area contributed by atoms with Crippen molar-refractivity contribution in [3.63, 3.8) is 0 Å². The summed E-state index contributed by atoms with van der Waals surface area (Å²) in [6, 6.07) is 27.9. The number of rotatable bonds is 14. The van der Waals surface area contributed by atoms with Crippen LogP contribution >= 0.6 is 22.6 Å². The molecule has 8 rings (SSSR count). The van der Waals surface area contributed by atoms with E-state index >= 15 is 0 Å². The summed E-state index contributed by atoms with van der Waals surface area (Å²) < 4.78 is 19.8. The van der Waals surface area contributed by atoms with Gasteiger partial charge in [-0.1, -0.05) is 72.3 Å². The number of amides is 3. The van der Waals surface area contributed by atoms with Crippen molar-refractivity contribution in [3.8, 4) is 23.1 Å². The van der Waals surface area contributed by atoms with Crippen molar-refractivity contribution in [1.29, 1.82) is 0 Å². The van der Waals surface area contributed by atoms with E-state index in [4.69, 9.17) is 19.3 Å². The van der Waals surface area contributed by atoms with Gasteiger partial charge in [-0.2, -0.15) is 10.1 Å². The molecule has 292 valence electrons. The molecule has 0 bridgehead atoms. The third-order valence-corrected chi connectivity index (χ3v) is 10.9. The van der Waals surface area contributed by atoms with Crippen LogP contribution in [0.1, 0.15) is 34.9 Å². The molecule has 1 saturated heterocycles. The van der Waals surface area contributed by atoms with E-state index in [9.17, 15) is 9.59 Å². The Morgan fingerprint density at radius 3 is 2.70 bits per heavy atom. The standard InChI is InChI=1S/C42H42IN9O5/c1-2-6-33(43)36-26-38(52(50-36)29-7-5-8-30(25-29)56-22-19-51-17-20-55-21-18-51)48-42(54)47-34-13-14-37(32-10-4-3-9-31(32)34)57-40-15-16-44-41(49-40)45-28-12-11-27-23-39(53)46-35(27)24-28/h3-5,7-16,24-26,33H,2,6,17-23H2,1H3,(H,46,53)(H,44,45,49)(H2,47,48,54). The summed E-state index contributed by atoms with van der Waals surface area (Å²) in [5, 5.41) is 18.7. The van der Waals surface area contributed by atoms with Crippen molar-refractivity contribution in [2.45, 2.75) is 30.1 Å². The first kappa shape index (κ1) is 38.1. The molecular weight excluding hydrogens is 837 g/mol. The van der Waals surface area contributed by atoms with Crippen molar-refractivity contribution in [2.75, 3.05) is 60.7 Å². The first-order valence-corrected chi connectivity index (χ1v) is 20.2. The van der Waals surface area contributed by atoms with Crippen LogP contribution in [-0.4, -0.2) is 76.0 Å². The normalized spacial score (nSPS) is 14.5. The number of aromatic nitrogens is 4. The van der Waals surface area contributed by atoms with E-state index in [1.54, 1.807) is 29.1 Å². The van der Waals surface area contributed by atoms with E-state index in [0.717, 1.165) is 90.5 Å². The maximum Gasteiger partial charge on any atom is 0.324 e. The topological polar surface area (TPSA) is 157 Å². The molecule has 14 nitrogen and oxygen atoms in total. The number of halogens is 1. The first-order chi connectivity index (χ1) is 27.9. The Morgan fingerprint density at radius 1 is 0.982 bits per heavy atom. The molecule has 15 heteroatoms. The van der Waals surface area contributed by atoms with Crippen LogP contribution in [0.4, 0.5) is 33.6 Å². The van der Waals surface area contributed by atoms with E-state index < -0.39 is 6.03 Å². The predicted molar refractivity (Wildman–Crippen MR) is 229 cm³/mol. The van der Waals surface area contributed by atoms with Gasteiger partial charge in [-0.05, 0) is 48.4 Å². The number of alkyl halides is 1. The number of benzene rings is 4. The van der Waals surface area contributed by atoms with Gasteiger partial charge in [0.2, 0.25) is 17.7 Å². The second-order valence-corrected chi connectivity index (χ2v) is 15.2. The van der Waals surface area contributed by atoms with Gasteiger partial charge in [-0.3, -0.25) is 15.0 Å². The van der Waals surface area contributed by atoms with Crippen LogP contribution in [-0.2, 0) is 16.0 Å². The fourth-order valence-electron chi connectivity index (χ4n) is 6.79. The minimum absolute atomic E-state index is 0.0279. The molecule has 0 saturated carbocycles. The molecule has 0 aliphatic carbocycles. The lowest BCUT2D eigenvalue weighted by atomic mass is 10.1. The number of nitrogens with one attached hydrogen (secondary N) is 4. The van der Waals surface area contributed by atoms with Gasteiger partial charge in [0.15, 0.2) is 0 Å². The smallest absolute Gasteiger partial charge is 0.324 e. The molecular formula is C42H42IN9O5. The highest BCUT2D eigenvalue weighted by Gasteiger charge is 2.20. The minimum Gasteiger partial charge on any atom is -0.492 e. The maximum absolute atomic E-state index is 13.7. The van der Waals surface area contributed by atoms with Crippen LogP contribution in [0.15, 0.2) is 97.2 Å². The van der Waals surface area contributed by atoms with Gasteiger partial charge in [0.1, 0.15) is 23.9 Å². The van der Waals surface area contributed by atoms with Crippen molar-refractivity contribution in [1.82, 2.24) is 24.6 Å². The maximum atomic E-state index is 13.7. The predicted octanol–water partition coefficient (Wildman–Crippen LogP) is 8.48. The third kappa shape index (κ3) is 9.27. The molecule has 0 spiro atoms. The number of urea groups is 1. The summed E-state index contributed by atoms with van der Waals surface area (Å²) in [6.45, 7) is 6.83. The second-order valence-electron chi connectivity index (χ2n) is 13.7. The lowest BCUT2D eigenvalue weighted by Gasteiger charge is -2.26. The molecule has 4 aromatic carbocycles. The molecule has 1 atom stereocenters. The average molecular weight is 880 g/mol. The highest BCUT2D eigenvalue weighted by Crippen LogP contribution is 2.35. The number of fused-ring (bicyclic) bond motifs is 2. The summed E-state index contributed by atoms with van der Waals surface area (Å²) in [6.07, 6.45) is 3.94. The zero-order valence-electron chi connectivity index (χ0n) is 31.3. The molecule has 4 heterocycles. The largest absolute Gasteiger partial charge is 0.492 e. The molecule has 57 heavy (non-hydrogen) atoms. The van der Waals surface area contributed by atoms with Crippen molar-refractivity contribution in [2.24, 2.45) is 0 Å². The summed E-state index contributed by atoms with van der Waals surface area (Å²) in [5.74, 6) is 2.46. The SMILES string of the molecule is CCCC(I)c1cc(NC(=O)Nc2ccc(Oc3ccnc(Nc4ccc5c(c4)NC(=O)C5)n3)c3ccccc23)n(-c2cccc(OCCN3CCOCC3)c2)n1. The van der Waals surface area contributed by atoms with Crippen LogP contribution in [0, 0.1) is 0 Å². The van der Waals surface area contributed by atoms with Crippen LogP contribution < -0.4 is 30.7 Å². The number of hydrogen-bond donors (Lipinski definition) is 4. The van der Waals surface area contributed by atoms with Crippen LogP contribution in [0.2, 0.25) is 0 Å². The zero-order valence-corrected chi connectivity index (χ0v) is 33.5. The Hall–Kier alpha value is -5.78. The molecule has 3 amide bonds. The van der Waals surface area contributed by atoms with E-state index in [2.05, 4.69) is 65.6 Å². The number of morpholine rings is 1. The summed E-state index contributed by atoms with van der Waals surface area (Å²) in [7, 11) is 0. The molecule has 2 aliphatic heterocycles. The number of carbonyl (C=O) groups is 2. The number of anilines is 5.